The number of ether oxygens (including phenoxy) is 2. The lowest BCUT2D eigenvalue weighted by Crippen LogP contribution is -2.47. The molecule has 1 aromatic carbocycles. The third kappa shape index (κ3) is 4.03. The first-order valence-corrected chi connectivity index (χ1v) is 12.0. The van der Waals surface area contributed by atoms with E-state index in [4.69, 9.17) is 14.5 Å². The fraction of sp³-hybridized carbons (Fsp3) is 0.280. The third-order valence-corrected chi connectivity index (χ3v) is 6.88. The number of benzene rings is 1. The zero-order chi connectivity index (χ0) is 23.7. The number of para-hydroxylation sites is 1. The number of thiophene rings is 1. The van der Waals surface area contributed by atoms with Crippen molar-refractivity contribution in [1.29, 1.82) is 0 Å². The van der Waals surface area contributed by atoms with Gasteiger partial charge < -0.3 is 20.1 Å². The molecule has 9 heteroatoms. The van der Waals surface area contributed by atoms with Crippen molar-refractivity contribution in [3.63, 3.8) is 0 Å². The minimum absolute atomic E-state index is 0.176. The summed E-state index contributed by atoms with van der Waals surface area (Å²) < 4.78 is 11.0. The summed E-state index contributed by atoms with van der Waals surface area (Å²) >= 11 is 1.41. The molecule has 1 unspecified atom stereocenters. The van der Waals surface area contributed by atoms with E-state index < -0.39 is 24.0 Å². The van der Waals surface area contributed by atoms with Crippen LogP contribution >= 0.6 is 11.3 Å². The zero-order valence-corrected chi connectivity index (χ0v) is 19.4. The topological polar surface area (TPSA) is 107 Å². The van der Waals surface area contributed by atoms with E-state index in [9.17, 15) is 14.4 Å². The summed E-state index contributed by atoms with van der Waals surface area (Å²) in [7, 11) is 0. The smallest absolute Gasteiger partial charge is 0.339 e. The van der Waals surface area contributed by atoms with E-state index in [2.05, 4.69) is 10.6 Å². The van der Waals surface area contributed by atoms with Gasteiger partial charge in [-0.05, 0) is 49.3 Å². The van der Waals surface area contributed by atoms with Gasteiger partial charge in [-0.1, -0.05) is 24.3 Å². The molecule has 3 aromatic rings. The molecule has 1 aliphatic carbocycles. The number of aromatic nitrogens is 1. The maximum atomic E-state index is 13.3. The lowest BCUT2D eigenvalue weighted by atomic mass is 10.0. The molecule has 2 aromatic heterocycles. The van der Waals surface area contributed by atoms with Crippen molar-refractivity contribution in [2.24, 2.45) is 0 Å². The first-order chi connectivity index (χ1) is 16.6. The predicted octanol–water partition coefficient (Wildman–Crippen LogP) is 3.81. The minimum atomic E-state index is -0.687. The number of esters is 2. The van der Waals surface area contributed by atoms with Crippen LogP contribution in [-0.4, -0.2) is 36.2 Å². The summed E-state index contributed by atoms with van der Waals surface area (Å²) in [4.78, 5) is 44.1. The number of aryl methyl sites for hydroxylation is 1. The monoisotopic (exact) mass is 477 g/mol. The number of fused-ring (bicyclic) bond motifs is 2. The highest BCUT2D eigenvalue weighted by Crippen LogP contribution is 2.32. The SMILES string of the molecule is CCOC(=O)C1=C(COC(=O)c2c3c(nc4ccccc24)CCC3)NC(=O)NC1c1cccs1. The predicted molar refractivity (Wildman–Crippen MR) is 126 cm³/mol. The lowest BCUT2D eigenvalue weighted by molar-refractivity contribution is -0.139. The number of hydrogen-bond acceptors (Lipinski definition) is 7. The molecule has 0 spiro atoms. The van der Waals surface area contributed by atoms with E-state index in [0.717, 1.165) is 46.3 Å². The Balaban J connectivity index is 1.50. The lowest BCUT2D eigenvalue weighted by Gasteiger charge is -2.28. The van der Waals surface area contributed by atoms with E-state index >= 15 is 0 Å². The number of carbonyl (C=O) groups excluding carboxylic acids is 3. The van der Waals surface area contributed by atoms with E-state index in [1.165, 1.54) is 11.3 Å². The van der Waals surface area contributed by atoms with E-state index in [-0.39, 0.29) is 24.5 Å². The summed E-state index contributed by atoms with van der Waals surface area (Å²) in [6.07, 6.45) is 2.51. The van der Waals surface area contributed by atoms with Crippen LogP contribution in [0.2, 0.25) is 0 Å². The molecule has 5 rings (SSSR count). The van der Waals surface area contributed by atoms with E-state index in [0.29, 0.717) is 5.56 Å². The van der Waals surface area contributed by atoms with Crippen LogP contribution in [0.25, 0.3) is 10.9 Å². The molecule has 0 bridgehead atoms. The largest absolute Gasteiger partial charge is 0.463 e. The Bertz CT molecular complexity index is 1320. The van der Waals surface area contributed by atoms with Gasteiger partial charge in [0, 0.05) is 16.0 Å². The van der Waals surface area contributed by atoms with Crippen LogP contribution in [0, 0.1) is 0 Å². The van der Waals surface area contributed by atoms with Crippen LogP contribution in [0.15, 0.2) is 53.0 Å². The van der Waals surface area contributed by atoms with Crippen molar-refractivity contribution in [2.75, 3.05) is 13.2 Å². The van der Waals surface area contributed by atoms with E-state index in [1.807, 2.05) is 41.8 Å². The summed E-state index contributed by atoms with van der Waals surface area (Å²) in [6, 6.07) is 9.99. The van der Waals surface area contributed by atoms with Gasteiger partial charge >= 0.3 is 18.0 Å². The molecule has 2 N–H and O–H groups in total. The molecule has 3 heterocycles. The van der Waals surface area contributed by atoms with Gasteiger partial charge in [0.05, 0.1) is 35.0 Å². The molecule has 1 aliphatic heterocycles. The van der Waals surface area contributed by atoms with Crippen LogP contribution in [0.4, 0.5) is 4.79 Å². The van der Waals surface area contributed by atoms with E-state index in [1.54, 1.807) is 6.92 Å². The highest BCUT2D eigenvalue weighted by atomic mass is 32.1. The molecule has 1 atom stereocenters. The summed E-state index contributed by atoms with van der Waals surface area (Å²) in [5, 5.41) is 8.00. The first-order valence-electron chi connectivity index (χ1n) is 11.2. The molecule has 0 fully saturated rings. The fourth-order valence-electron chi connectivity index (χ4n) is 4.50. The molecule has 34 heavy (non-hydrogen) atoms. The minimum Gasteiger partial charge on any atom is -0.463 e. The summed E-state index contributed by atoms with van der Waals surface area (Å²) in [6.45, 7) is 1.62. The fourth-order valence-corrected chi connectivity index (χ4v) is 5.29. The Kier molecular flexibility index (Phi) is 6.02. The number of amides is 2. The number of nitrogens with zero attached hydrogens (tertiary/aromatic N) is 1. The number of nitrogens with one attached hydrogen (secondary N) is 2. The molecule has 0 saturated carbocycles. The molecule has 0 radical (unpaired) electrons. The van der Waals surface area contributed by atoms with Crippen LogP contribution in [0.3, 0.4) is 0 Å². The van der Waals surface area contributed by atoms with Crippen LogP contribution in [-0.2, 0) is 27.1 Å². The van der Waals surface area contributed by atoms with Gasteiger partial charge in [-0.15, -0.1) is 11.3 Å². The number of urea groups is 1. The van der Waals surface area contributed by atoms with Crippen molar-refractivity contribution in [3.8, 4) is 0 Å². The Labute approximate surface area is 200 Å². The van der Waals surface area contributed by atoms with Crippen molar-refractivity contribution < 1.29 is 23.9 Å². The van der Waals surface area contributed by atoms with Crippen LogP contribution in [0.1, 0.15) is 45.9 Å². The Morgan fingerprint density at radius 1 is 1.12 bits per heavy atom. The maximum Gasteiger partial charge on any atom is 0.339 e. The highest BCUT2D eigenvalue weighted by Gasteiger charge is 2.35. The molecule has 2 amide bonds. The molecular weight excluding hydrogens is 454 g/mol. The normalized spacial score (nSPS) is 17.2. The van der Waals surface area contributed by atoms with Crippen molar-refractivity contribution in [2.45, 2.75) is 32.2 Å². The number of hydrogen-bond donors (Lipinski definition) is 2. The number of carbonyl (C=O) groups is 3. The Hall–Kier alpha value is -3.72. The second kappa shape index (κ2) is 9.26. The van der Waals surface area contributed by atoms with Gasteiger partial charge in [0.2, 0.25) is 0 Å². The third-order valence-electron chi connectivity index (χ3n) is 5.95. The van der Waals surface area contributed by atoms with Crippen molar-refractivity contribution in [3.05, 3.63) is 74.7 Å². The molecular formula is C25H23N3O5S. The van der Waals surface area contributed by atoms with Crippen molar-refractivity contribution >= 4 is 40.2 Å². The zero-order valence-electron chi connectivity index (χ0n) is 18.6. The van der Waals surface area contributed by atoms with Crippen molar-refractivity contribution in [1.82, 2.24) is 15.6 Å². The number of rotatable bonds is 6. The molecule has 8 nitrogen and oxygen atoms in total. The summed E-state index contributed by atoms with van der Waals surface area (Å²) in [5.41, 5.74) is 3.52. The second-order valence-corrected chi connectivity index (χ2v) is 9.00. The Morgan fingerprint density at radius 2 is 1.97 bits per heavy atom. The first kappa shape index (κ1) is 22.1. The van der Waals surface area contributed by atoms with Gasteiger partial charge in [-0.2, -0.15) is 0 Å². The maximum absolute atomic E-state index is 13.3. The molecule has 174 valence electrons. The quantitative estimate of drug-likeness (QED) is 0.523. The van der Waals surface area contributed by atoms with Gasteiger partial charge in [0.25, 0.3) is 0 Å². The molecule has 2 aliphatic rings. The van der Waals surface area contributed by atoms with Crippen LogP contribution < -0.4 is 10.6 Å². The summed E-state index contributed by atoms with van der Waals surface area (Å²) in [5.74, 6) is -1.08. The van der Waals surface area contributed by atoms with Gasteiger partial charge in [-0.25, -0.2) is 14.4 Å². The molecule has 0 saturated heterocycles. The average Bonchev–Trinajstić information content (AvgIpc) is 3.52. The number of pyridine rings is 1. The highest BCUT2D eigenvalue weighted by molar-refractivity contribution is 7.10. The second-order valence-electron chi connectivity index (χ2n) is 8.02. The van der Waals surface area contributed by atoms with Crippen LogP contribution in [0.5, 0.6) is 0 Å². The Morgan fingerprint density at radius 3 is 2.76 bits per heavy atom. The average molecular weight is 478 g/mol. The van der Waals surface area contributed by atoms with Gasteiger partial charge in [0.1, 0.15) is 6.61 Å². The van der Waals surface area contributed by atoms with Gasteiger partial charge in [-0.3, -0.25) is 4.98 Å². The standard InChI is InChI=1S/C25H23N3O5S/c1-2-32-24(30)21-18(27-25(31)28-22(21)19-11-6-12-34-19)13-33-23(29)20-14-7-3-4-9-16(14)26-17-10-5-8-15(17)20/h3-4,6-7,9,11-12,22H,2,5,8,10,13H2,1H3,(H2,27,28,31). The van der Waals surface area contributed by atoms with Gasteiger partial charge in [0.15, 0.2) is 0 Å².